The third-order valence-corrected chi connectivity index (χ3v) is 3.75. The maximum Gasteiger partial charge on any atom is 0.331 e. The minimum atomic E-state index is -0.229. The van der Waals surface area contributed by atoms with E-state index < -0.39 is 0 Å². The molecule has 0 aromatic carbocycles. The van der Waals surface area contributed by atoms with Crippen LogP contribution >= 0.6 is 11.8 Å². The lowest BCUT2D eigenvalue weighted by atomic mass is 10.2. The minimum absolute atomic E-state index is 0.213. The van der Waals surface area contributed by atoms with E-state index in [0.717, 1.165) is 17.2 Å². The zero-order valence-electron chi connectivity index (χ0n) is 9.39. The summed E-state index contributed by atoms with van der Waals surface area (Å²) in [7, 11) is 0. The highest BCUT2D eigenvalue weighted by atomic mass is 32.2. The lowest BCUT2D eigenvalue weighted by Gasteiger charge is -2.07. The Morgan fingerprint density at radius 1 is 1.41 bits per heavy atom. The third-order valence-electron chi connectivity index (χ3n) is 2.73. The monoisotopic (exact) mass is 251 g/mol. The van der Waals surface area contributed by atoms with Crippen molar-refractivity contribution in [1.82, 2.24) is 9.13 Å². The predicted octanol–water partition coefficient (Wildman–Crippen LogP) is 0.810. The molecule has 2 heterocycles. The molecule has 0 unspecified atom stereocenters. The number of thioether (sulfide) groups is 1. The fourth-order valence-electron chi connectivity index (χ4n) is 1.84. The fraction of sp³-hybridized carbons (Fsp3) is 0.545. The van der Waals surface area contributed by atoms with Crippen molar-refractivity contribution in [2.24, 2.45) is 0 Å². The summed E-state index contributed by atoms with van der Waals surface area (Å²) in [4.78, 5) is 23.7. The topological polar surface area (TPSA) is 67.8 Å². The molecule has 0 amide bonds. The molecule has 1 aliphatic heterocycles. The average Bonchev–Trinajstić information content (AvgIpc) is 2.76. The number of hydrogen-bond acceptors (Lipinski definition) is 4. The Labute approximate surface area is 103 Å². The van der Waals surface area contributed by atoms with Crippen LogP contribution < -0.4 is 11.2 Å². The predicted molar refractivity (Wildman–Crippen MR) is 65.2 cm³/mol. The summed E-state index contributed by atoms with van der Waals surface area (Å²) in [5.41, 5.74) is -0.443. The quantitative estimate of drug-likeness (QED) is 0.586. The van der Waals surface area contributed by atoms with Gasteiger partial charge in [-0.2, -0.15) is 5.26 Å². The van der Waals surface area contributed by atoms with Crippen molar-refractivity contribution in [1.29, 1.82) is 5.26 Å². The van der Waals surface area contributed by atoms with Crippen molar-refractivity contribution in [2.75, 3.05) is 5.75 Å². The molecule has 1 aromatic heterocycles. The largest absolute Gasteiger partial charge is 0.331 e. The summed E-state index contributed by atoms with van der Waals surface area (Å²) in [5.74, 6) is 0.854. The minimum Gasteiger partial charge on any atom is -0.287 e. The van der Waals surface area contributed by atoms with Gasteiger partial charge in [0.25, 0.3) is 5.56 Å². The van der Waals surface area contributed by atoms with Crippen molar-refractivity contribution in [3.8, 4) is 6.07 Å². The number of fused-ring (bicyclic) bond motifs is 1. The van der Waals surface area contributed by atoms with Crippen LogP contribution in [0.15, 0.2) is 20.7 Å². The molecule has 2 rings (SSSR count). The molecule has 0 N–H and O–H groups in total. The van der Waals surface area contributed by atoms with Crippen LogP contribution in [0, 0.1) is 11.3 Å². The van der Waals surface area contributed by atoms with Gasteiger partial charge in [-0.25, -0.2) is 4.79 Å². The van der Waals surface area contributed by atoms with Crippen LogP contribution in [0.25, 0.3) is 0 Å². The van der Waals surface area contributed by atoms with Crippen molar-refractivity contribution in [2.45, 2.75) is 37.4 Å². The number of unbranched alkanes of at least 4 members (excludes halogenated alkanes) is 2. The molecular weight excluding hydrogens is 238 g/mol. The fourth-order valence-corrected chi connectivity index (χ4v) is 2.83. The van der Waals surface area contributed by atoms with E-state index in [4.69, 9.17) is 5.26 Å². The van der Waals surface area contributed by atoms with Crippen LogP contribution in [0.5, 0.6) is 0 Å². The molecule has 0 saturated heterocycles. The zero-order chi connectivity index (χ0) is 12.3. The highest BCUT2D eigenvalue weighted by Crippen LogP contribution is 2.21. The van der Waals surface area contributed by atoms with Crippen LogP contribution in [0.4, 0.5) is 0 Å². The van der Waals surface area contributed by atoms with Crippen molar-refractivity contribution < 1.29 is 0 Å². The average molecular weight is 251 g/mol. The SMILES string of the molecule is N#CCCCCn1c(=O)cc2n(c1=O)CCS2. The van der Waals surface area contributed by atoms with Crippen LogP contribution in [0.3, 0.4) is 0 Å². The molecule has 1 aromatic rings. The molecule has 0 aliphatic carbocycles. The number of nitrogens with zero attached hydrogens (tertiary/aromatic N) is 3. The normalized spacial score (nSPS) is 13.4. The second-order valence-corrected chi connectivity index (χ2v) is 4.99. The Bertz CT molecular complexity index is 568. The summed E-state index contributed by atoms with van der Waals surface area (Å²) in [6.45, 7) is 1.08. The van der Waals surface area contributed by atoms with E-state index in [1.807, 2.05) is 0 Å². The van der Waals surface area contributed by atoms with Gasteiger partial charge in [0.15, 0.2) is 0 Å². The molecule has 0 saturated carbocycles. The Morgan fingerprint density at radius 2 is 2.24 bits per heavy atom. The van der Waals surface area contributed by atoms with E-state index in [0.29, 0.717) is 25.9 Å². The maximum atomic E-state index is 12.0. The first-order valence-electron chi connectivity index (χ1n) is 5.58. The second-order valence-electron chi connectivity index (χ2n) is 3.87. The molecular formula is C11H13N3O2S. The van der Waals surface area contributed by atoms with E-state index >= 15 is 0 Å². The highest BCUT2D eigenvalue weighted by Gasteiger charge is 2.16. The number of rotatable bonds is 4. The van der Waals surface area contributed by atoms with Crippen LogP contribution in [0.1, 0.15) is 19.3 Å². The van der Waals surface area contributed by atoms with Crippen LogP contribution in [-0.2, 0) is 13.1 Å². The first kappa shape index (κ1) is 12.0. The van der Waals surface area contributed by atoms with Crippen molar-refractivity contribution in [3.63, 3.8) is 0 Å². The molecule has 5 nitrogen and oxygen atoms in total. The molecule has 0 bridgehead atoms. The Hall–Kier alpha value is -1.48. The van der Waals surface area contributed by atoms with Crippen molar-refractivity contribution in [3.05, 3.63) is 26.9 Å². The summed E-state index contributed by atoms with van der Waals surface area (Å²) in [6.07, 6.45) is 1.88. The Morgan fingerprint density at radius 3 is 3.00 bits per heavy atom. The highest BCUT2D eigenvalue weighted by molar-refractivity contribution is 7.99. The van der Waals surface area contributed by atoms with Crippen LogP contribution in [0.2, 0.25) is 0 Å². The number of nitriles is 1. The molecule has 0 atom stereocenters. The molecule has 6 heteroatoms. The molecule has 90 valence electrons. The van der Waals surface area contributed by atoms with Gasteiger partial charge in [0.05, 0.1) is 11.1 Å². The first-order chi connectivity index (χ1) is 8.24. The van der Waals surface area contributed by atoms with Gasteiger partial charge in [0, 0.05) is 31.3 Å². The van der Waals surface area contributed by atoms with Gasteiger partial charge < -0.3 is 0 Å². The van der Waals surface area contributed by atoms with Crippen LogP contribution in [-0.4, -0.2) is 14.9 Å². The lowest BCUT2D eigenvalue weighted by molar-refractivity contribution is 0.520. The lowest BCUT2D eigenvalue weighted by Crippen LogP contribution is -2.39. The summed E-state index contributed by atoms with van der Waals surface area (Å²) >= 11 is 1.54. The third kappa shape index (κ3) is 2.44. The molecule has 17 heavy (non-hydrogen) atoms. The molecule has 0 spiro atoms. The second kappa shape index (κ2) is 5.23. The van der Waals surface area contributed by atoms with E-state index in [9.17, 15) is 9.59 Å². The maximum absolute atomic E-state index is 12.0. The van der Waals surface area contributed by atoms with Gasteiger partial charge in [-0.1, -0.05) is 0 Å². The smallest absolute Gasteiger partial charge is 0.287 e. The molecule has 0 fully saturated rings. The van der Waals surface area contributed by atoms with Gasteiger partial charge in [-0.15, -0.1) is 11.8 Å². The Balaban J connectivity index is 2.21. The van der Waals surface area contributed by atoms with E-state index in [2.05, 4.69) is 6.07 Å². The number of aromatic nitrogens is 2. The first-order valence-corrected chi connectivity index (χ1v) is 6.57. The van der Waals surface area contributed by atoms with Gasteiger partial charge in [0.1, 0.15) is 0 Å². The number of hydrogen-bond donors (Lipinski definition) is 0. The zero-order valence-corrected chi connectivity index (χ0v) is 10.2. The standard InChI is InChI=1S/C11H13N3O2S/c12-4-2-1-3-5-13-9(15)8-10-14(11(13)16)6-7-17-10/h8H,1-3,5-7H2. The van der Waals surface area contributed by atoms with Gasteiger partial charge in [-0.05, 0) is 12.8 Å². The van der Waals surface area contributed by atoms with Gasteiger partial charge in [0.2, 0.25) is 0 Å². The Kier molecular flexibility index (Phi) is 3.69. The van der Waals surface area contributed by atoms with Crippen molar-refractivity contribution >= 4 is 11.8 Å². The summed E-state index contributed by atoms with van der Waals surface area (Å²) in [6, 6.07) is 3.58. The van der Waals surface area contributed by atoms with Gasteiger partial charge in [-0.3, -0.25) is 13.9 Å². The summed E-state index contributed by atoms with van der Waals surface area (Å²) in [5, 5.41) is 9.18. The summed E-state index contributed by atoms with van der Waals surface area (Å²) < 4.78 is 2.92. The molecule has 0 radical (unpaired) electrons. The van der Waals surface area contributed by atoms with Gasteiger partial charge >= 0.3 is 5.69 Å². The van der Waals surface area contributed by atoms with E-state index in [1.165, 1.54) is 10.6 Å². The van der Waals surface area contributed by atoms with E-state index in [1.54, 1.807) is 16.3 Å². The molecule has 1 aliphatic rings. The van der Waals surface area contributed by atoms with E-state index in [-0.39, 0.29) is 11.2 Å².